The van der Waals surface area contributed by atoms with Gasteiger partial charge in [-0.25, -0.2) is 0 Å². The molecule has 78 valence electrons. The van der Waals surface area contributed by atoms with E-state index in [2.05, 4.69) is 25.7 Å². The molecule has 0 radical (unpaired) electrons. The molecule has 0 saturated carbocycles. The Hall–Kier alpha value is -0.0800. The van der Waals surface area contributed by atoms with E-state index >= 15 is 0 Å². The lowest BCUT2D eigenvalue weighted by atomic mass is 9.94. The van der Waals surface area contributed by atoms with Crippen molar-refractivity contribution in [1.29, 1.82) is 0 Å². The highest BCUT2D eigenvalue weighted by Gasteiger charge is 2.25. The molecule has 2 nitrogen and oxygen atoms in total. The van der Waals surface area contributed by atoms with Crippen LogP contribution < -0.4 is 5.73 Å². The average molecular weight is 184 g/mol. The van der Waals surface area contributed by atoms with Crippen molar-refractivity contribution < 1.29 is 0 Å². The molecule has 1 aliphatic heterocycles. The predicted molar refractivity (Wildman–Crippen MR) is 57.7 cm³/mol. The lowest BCUT2D eigenvalue weighted by Crippen LogP contribution is -2.50. The van der Waals surface area contributed by atoms with Crippen LogP contribution in [-0.2, 0) is 0 Å². The fourth-order valence-electron chi connectivity index (χ4n) is 2.55. The molecule has 1 aliphatic rings. The zero-order valence-electron chi connectivity index (χ0n) is 9.29. The number of rotatable bonds is 3. The van der Waals surface area contributed by atoms with Crippen molar-refractivity contribution in [3.05, 3.63) is 0 Å². The van der Waals surface area contributed by atoms with Crippen LogP contribution >= 0.6 is 0 Å². The Morgan fingerprint density at radius 1 is 1.31 bits per heavy atom. The highest BCUT2D eigenvalue weighted by atomic mass is 15.2. The summed E-state index contributed by atoms with van der Waals surface area (Å²) >= 11 is 0. The van der Waals surface area contributed by atoms with E-state index in [1.165, 1.54) is 25.8 Å². The van der Waals surface area contributed by atoms with Gasteiger partial charge >= 0.3 is 0 Å². The summed E-state index contributed by atoms with van der Waals surface area (Å²) in [7, 11) is 0. The number of hydrogen-bond acceptors (Lipinski definition) is 2. The maximum atomic E-state index is 6.02. The summed E-state index contributed by atoms with van der Waals surface area (Å²) < 4.78 is 0. The normalized spacial score (nSPS) is 31.2. The van der Waals surface area contributed by atoms with Crippen molar-refractivity contribution in [2.45, 2.75) is 52.1 Å². The molecule has 0 spiro atoms. The molecule has 0 aromatic rings. The average Bonchev–Trinajstić information content (AvgIpc) is 2.04. The highest BCUT2D eigenvalue weighted by Crippen LogP contribution is 2.19. The van der Waals surface area contributed by atoms with E-state index in [4.69, 9.17) is 5.73 Å². The van der Waals surface area contributed by atoms with E-state index < -0.39 is 0 Å². The van der Waals surface area contributed by atoms with E-state index in [0.717, 1.165) is 18.5 Å². The van der Waals surface area contributed by atoms with Gasteiger partial charge in [-0.05, 0) is 25.2 Å². The number of likely N-dealkylation sites (tertiary alicyclic amines) is 1. The molecular weight excluding hydrogens is 160 g/mol. The van der Waals surface area contributed by atoms with Gasteiger partial charge in [0.05, 0.1) is 0 Å². The Bertz CT molecular complexity index is 133. The van der Waals surface area contributed by atoms with Crippen LogP contribution in [0.25, 0.3) is 0 Å². The van der Waals surface area contributed by atoms with Gasteiger partial charge in [0.2, 0.25) is 0 Å². The summed E-state index contributed by atoms with van der Waals surface area (Å²) in [5.74, 6) is 0.782. The molecule has 0 bridgehead atoms. The molecule has 0 aromatic carbocycles. The van der Waals surface area contributed by atoms with Gasteiger partial charge in [0, 0.05) is 25.2 Å². The van der Waals surface area contributed by atoms with Gasteiger partial charge < -0.3 is 5.73 Å². The van der Waals surface area contributed by atoms with E-state index in [1.54, 1.807) is 0 Å². The standard InChI is InChI=1S/C11H24N2/c1-4-11(5-2)13-7-9(3)6-10(12)8-13/h9-11H,4-8,12H2,1-3H3. The molecule has 1 heterocycles. The SMILES string of the molecule is CCC(CC)N1CC(C)CC(N)C1. The molecule has 2 N–H and O–H groups in total. The monoisotopic (exact) mass is 184 g/mol. The van der Waals surface area contributed by atoms with Gasteiger partial charge in [-0.1, -0.05) is 20.8 Å². The molecule has 0 aromatic heterocycles. The van der Waals surface area contributed by atoms with E-state index in [9.17, 15) is 0 Å². The van der Waals surface area contributed by atoms with Crippen molar-refractivity contribution in [2.24, 2.45) is 11.7 Å². The first kappa shape index (κ1) is 11.0. The molecule has 1 rings (SSSR count). The third-order valence-corrected chi connectivity index (χ3v) is 3.18. The van der Waals surface area contributed by atoms with Crippen LogP contribution in [0.1, 0.15) is 40.0 Å². The van der Waals surface area contributed by atoms with Crippen molar-refractivity contribution in [1.82, 2.24) is 4.90 Å². The largest absolute Gasteiger partial charge is 0.327 e. The Morgan fingerprint density at radius 3 is 2.38 bits per heavy atom. The number of piperidine rings is 1. The molecule has 0 amide bonds. The van der Waals surface area contributed by atoms with Crippen LogP contribution in [0, 0.1) is 5.92 Å². The lowest BCUT2D eigenvalue weighted by molar-refractivity contribution is 0.110. The summed E-state index contributed by atoms with van der Waals surface area (Å²) in [6, 6.07) is 1.16. The lowest BCUT2D eigenvalue weighted by Gasteiger charge is -2.39. The Kier molecular flexibility index (Phi) is 4.20. The molecule has 13 heavy (non-hydrogen) atoms. The second-order valence-electron chi connectivity index (χ2n) is 4.53. The molecule has 0 aliphatic carbocycles. The van der Waals surface area contributed by atoms with E-state index in [-0.39, 0.29) is 0 Å². The van der Waals surface area contributed by atoms with E-state index in [1.807, 2.05) is 0 Å². The van der Waals surface area contributed by atoms with Crippen molar-refractivity contribution in [2.75, 3.05) is 13.1 Å². The second-order valence-corrected chi connectivity index (χ2v) is 4.53. The van der Waals surface area contributed by atoms with Crippen LogP contribution in [0.5, 0.6) is 0 Å². The smallest absolute Gasteiger partial charge is 0.0170 e. The van der Waals surface area contributed by atoms with E-state index in [0.29, 0.717) is 6.04 Å². The van der Waals surface area contributed by atoms with Crippen molar-refractivity contribution >= 4 is 0 Å². The van der Waals surface area contributed by atoms with Gasteiger partial charge in [0.1, 0.15) is 0 Å². The van der Waals surface area contributed by atoms with Gasteiger partial charge in [-0.15, -0.1) is 0 Å². The zero-order valence-corrected chi connectivity index (χ0v) is 9.29. The van der Waals surface area contributed by atoms with Crippen LogP contribution in [0.15, 0.2) is 0 Å². The quantitative estimate of drug-likeness (QED) is 0.725. The first-order valence-electron chi connectivity index (χ1n) is 5.67. The summed E-state index contributed by atoms with van der Waals surface area (Å²) in [6.45, 7) is 9.23. The fourth-order valence-corrected chi connectivity index (χ4v) is 2.55. The van der Waals surface area contributed by atoms with Crippen LogP contribution in [0.4, 0.5) is 0 Å². The minimum atomic E-state index is 0.407. The fraction of sp³-hybridized carbons (Fsp3) is 1.00. The molecular formula is C11H24N2. The molecule has 1 fully saturated rings. The Morgan fingerprint density at radius 2 is 1.92 bits per heavy atom. The number of hydrogen-bond donors (Lipinski definition) is 1. The molecule has 2 heteroatoms. The Balaban J connectivity index is 2.48. The molecule has 1 saturated heterocycles. The van der Waals surface area contributed by atoms with Crippen LogP contribution in [0.2, 0.25) is 0 Å². The van der Waals surface area contributed by atoms with Gasteiger partial charge in [-0.3, -0.25) is 4.90 Å². The maximum Gasteiger partial charge on any atom is 0.0170 e. The Labute approximate surface area is 82.5 Å². The first-order chi connectivity index (χ1) is 6.17. The summed E-state index contributed by atoms with van der Waals surface area (Å²) in [5, 5.41) is 0. The summed E-state index contributed by atoms with van der Waals surface area (Å²) in [6.07, 6.45) is 3.72. The van der Waals surface area contributed by atoms with Crippen LogP contribution in [-0.4, -0.2) is 30.1 Å². The van der Waals surface area contributed by atoms with Gasteiger partial charge in [-0.2, -0.15) is 0 Å². The van der Waals surface area contributed by atoms with Gasteiger partial charge in [0.25, 0.3) is 0 Å². The van der Waals surface area contributed by atoms with Crippen molar-refractivity contribution in [3.8, 4) is 0 Å². The highest BCUT2D eigenvalue weighted by molar-refractivity contribution is 4.82. The molecule has 2 atom stereocenters. The zero-order chi connectivity index (χ0) is 9.84. The summed E-state index contributed by atoms with van der Waals surface area (Å²) in [4.78, 5) is 2.58. The minimum Gasteiger partial charge on any atom is -0.327 e. The predicted octanol–water partition coefficient (Wildman–Crippen LogP) is 1.84. The molecule has 2 unspecified atom stereocenters. The third-order valence-electron chi connectivity index (χ3n) is 3.18. The third kappa shape index (κ3) is 2.96. The first-order valence-corrected chi connectivity index (χ1v) is 5.67. The van der Waals surface area contributed by atoms with Gasteiger partial charge in [0.15, 0.2) is 0 Å². The topological polar surface area (TPSA) is 29.3 Å². The summed E-state index contributed by atoms with van der Waals surface area (Å²) in [5.41, 5.74) is 6.02. The second kappa shape index (κ2) is 4.97. The van der Waals surface area contributed by atoms with Crippen molar-refractivity contribution in [3.63, 3.8) is 0 Å². The minimum absolute atomic E-state index is 0.407. The number of nitrogens with two attached hydrogens (primary N) is 1. The number of nitrogens with zero attached hydrogens (tertiary/aromatic N) is 1. The maximum absolute atomic E-state index is 6.02. The van der Waals surface area contributed by atoms with Crippen LogP contribution in [0.3, 0.4) is 0 Å².